The molecule has 2 aliphatic rings. The smallest absolute Gasteiger partial charge is 0.311 e. The first-order chi connectivity index (χ1) is 13.0. The molecule has 27 heavy (non-hydrogen) atoms. The van der Waals surface area contributed by atoms with Crippen LogP contribution in [0.25, 0.3) is 0 Å². The van der Waals surface area contributed by atoms with E-state index < -0.39 is 11.9 Å². The maximum atomic E-state index is 12.4. The van der Waals surface area contributed by atoms with E-state index in [1.54, 1.807) is 23.1 Å². The van der Waals surface area contributed by atoms with E-state index in [1.807, 2.05) is 0 Å². The molecule has 9 heteroatoms. The molecule has 0 N–H and O–H groups in total. The minimum atomic E-state index is -0.640. The summed E-state index contributed by atoms with van der Waals surface area (Å²) in [4.78, 5) is 39.8. The Bertz CT molecular complexity index is 735. The Morgan fingerprint density at radius 2 is 2.04 bits per heavy atom. The molecule has 2 saturated heterocycles. The number of benzene rings is 1. The first-order valence-electron chi connectivity index (χ1n) is 8.65. The fourth-order valence-electron chi connectivity index (χ4n) is 3.13. The van der Waals surface area contributed by atoms with Crippen LogP contribution in [0.5, 0.6) is 5.75 Å². The number of nitrogens with zero attached hydrogens (tertiary/aromatic N) is 2. The largest absolute Gasteiger partial charge is 0.495 e. The van der Waals surface area contributed by atoms with E-state index in [-0.39, 0.29) is 31.4 Å². The van der Waals surface area contributed by atoms with Gasteiger partial charge in [0.25, 0.3) is 5.91 Å². The van der Waals surface area contributed by atoms with Gasteiger partial charge in [0.2, 0.25) is 5.91 Å². The predicted octanol–water partition coefficient (Wildman–Crippen LogP) is 1.10. The van der Waals surface area contributed by atoms with Gasteiger partial charge < -0.3 is 24.0 Å². The SMILES string of the molecule is COc1ccc(Cl)cc1N1C[C@H](C(=O)OCC(=O)N2CCOCC2)CC1=O. The van der Waals surface area contributed by atoms with Gasteiger partial charge in [0, 0.05) is 31.1 Å². The van der Waals surface area contributed by atoms with Crippen LogP contribution in [0.3, 0.4) is 0 Å². The third-order valence-corrected chi connectivity index (χ3v) is 4.83. The van der Waals surface area contributed by atoms with Crippen molar-refractivity contribution in [2.24, 2.45) is 5.92 Å². The molecule has 2 aliphatic heterocycles. The lowest BCUT2D eigenvalue weighted by molar-refractivity contribution is -0.156. The molecule has 2 heterocycles. The van der Waals surface area contributed by atoms with Gasteiger partial charge in [-0.3, -0.25) is 14.4 Å². The van der Waals surface area contributed by atoms with E-state index in [9.17, 15) is 14.4 Å². The molecule has 3 rings (SSSR count). The number of anilines is 1. The summed E-state index contributed by atoms with van der Waals surface area (Å²) >= 11 is 6.02. The van der Waals surface area contributed by atoms with Crippen molar-refractivity contribution in [1.82, 2.24) is 4.90 Å². The maximum Gasteiger partial charge on any atom is 0.311 e. The molecule has 2 amide bonds. The number of esters is 1. The van der Waals surface area contributed by atoms with Gasteiger partial charge in [-0.05, 0) is 18.2 Å². The van der Waals surface area contributed by atoms with Gasteiger partial charge in [-0.15, -0.1) is 0 Å². The van der Waals surface area contributed by atoms with Crippen LogP contribution in [-0.2, 0) is 23.9 Å². The molecule has 0 radical (unpaired) electrons. The van der Waals surface area contributed by atoms with Gasteiger partial charge in [0.15, 0.2) is 6.61 Å². The molecule has 146 valence electrons. The third kappa shape index (κ3) is 4.51. The monoisotopic (exact) mass is 396 g/mol. The highest BCUT2D eigenvalue weighted by Gasteiger charge is 2.37. The molecule has 0 saturated carbocycles. The zero-order valence-corrected chi connectivity index (χ0v) is 15.7. The van der Waals surface area contributed by atoms with Crippen molar-refractivity contribution in [3.8, 4) is 5.75 Å². The van der Waals surface area contributed by atoms with Crippen molar-refractivity contribution in [3.63, 3.8) is 0 Å². The number of hydrogen-bond donors (Lipinski definition) is 0. The summed E-state index contributed by atoms with van der Waals surface area (Å²) in [6.45, 7) is 1.76. The van der Waals surface area contributed by atoms with E-state index in [0.717, 1.165) is 0 Å². The Morgan fingerprint density at radius 1 is 1.30 bits per heavy atom. The number of carbonyl (C=O) groups is 3. The fraction of sp³-hybridized carbons (Fsp3) is 0.500. The second-order valence-corrected chi connectivity index (χ2v) is 6.76. The van der Waals surface area contributed by atoms with Gasteiger partial charge in [0.05, 0.1) is 31.9 Å². The van der Waals surface area contributed by atoms with E-state index >= 15 is 0 Å². The number of hydrogen-bond acceptors (Lipinski definition) is 6. The third-order valence-electron chi connectivity index (χ3n) is 4.59. The van der Waals surface area contributed by atoms with Crippen LogP contribution < -0.4 is 9.64 Å². The minimum Gasteiger partial charge on any atom is -0.495 e. The molecule has 0 unspecified atom stereocenters. The van der Waals surface area contributed by atoms with Gasteiger partial charge in [-0.25, -0.2) is 0 Å². The van der Waals surface area contributed by atoms with Gasteiger partial charge in [0.1, 0.15) is 5.75 Å². The topological polar surface area (TPSA) is 85.4 Å². The molecule has 1 aromatic carbocycles. The number of amides is 2. The van der Waals surface area contributed by atoms with Crippen LogP contribution in [-0.4, -0.2) is 69.2 Å². The van der Waals surface area contributed by atoms with E-state index in [2.05, 4.69) is 0 Å². The van der Waals surface area contributed by atoms with Crippen molar-refractivity contribution in [3.05, 3.63) is 23.2 Å². The van der Waals surface area contributed by atoms with Crippen molar-refractivity contribution in [1.29, 1.82) is 0 Å². The Hall–Kier alpha value is -2.32. The minimum absolute atomic E-state index is 0.0141. The summed E-state index contributed by atoms with van der Waals surface area (Å²) in [5.74, 6) is -1.20. The van der Waals surface area contributed by atoms with Gasteiger partial charge in [-0.1, -0.05) is 11.6 Å². The highest BCUT2D eigenvalue weighted by Crippen LogP contribution is 2.35. The molecular formula is C18H21ClN2O6. The highest BCUT2D eigenvalue weighted by molar-refractivity contribution is 6.31. The van der Waals surface area contributed by atoms with E-state index in [1.165, 1.54) is 12.0 Å². The van der Waals surface area contributed by atoms with Gasteiger partial charge >= 0.3 is 5.97 Å². The summed E-state index contributed by atoms with van der Waals surface area (Å²) in [7, 11) is 1.50. The lowest BCUT2D eigenvalue weighted by Crippen LogP contribution is -2.43. The number of methoxy groups -OCH3 is 1. The Balaban J connectivity index is 1.59. The van der Waals surface area contributed by atoms with E-state index in [4.69, 9.17) is 25.8 Å². The molecule has 0 spiro atoms. The van der Waals surface area contributed by atoms with Crippen LogP contribution in [0.4, 0.5) is 5.69 Å². The number of carbonyl (C=O) groups excluding carboxylic acids is 3. The molecule has 2 fully saturated rings. The maximum absolute atomic E-state index is 12.4. The number of halogens is 1. The van der Waals surface area contributed by atoms with Crippen molar-refractivity contribution in [2.75, 3.05) is 51.5 Å². The molecular weight excluding hydrogens is 376 g/mol. The molecule has 0 bridgehead atoms. The Labute approximate surface area is 161 Å². The zero-order valence-electron chi connectivity index (χ0n) is 15.0. The Kier molecular flexibility index (Phi) is 6.18. The average molecular weight is 397 g/mol. The average Bonchev–Trinajstić information content (AvgIpc) is 3.08. The van der Waals surface area contributed by atoms with Gasteiger partial charge in [-0.2, -0.15) is 0 Å². The molecule has 8 nitrogen and oxygen atoms in total. The first-order valence-corrected chi connectivity index (χ1v) is 9.03. The highest BCUT2D eigenvalue weighted by atomic mass is 35.5. The molecule has 1 aromatic rings. The van der Waals surface area contributed by atoms with E-state index in [0.29, 0.717) is 42.8 Å². The lowest BCUT2D eigenvalue weighted by Gasteiger charge is -2.26. The Morgan fingerprint density at radius 3 is 2.74 bits per heavy atom. The van der Waals surface area contributed by atoms with Crippen molar-refractivity contribution >= 4 is 35.1 Å². The fourth-order valence-corrected chi connectivity index (χ4v) is 3.29. The molecule has 0 aliphatic carbocycles. The summed E-state index contributed by atoms with van der Waals surface area (Å²) < 4.78 is 15.6. The summed E-state index contributed by atoms with van der Waals surface area (Å²) in [5, 5.41) is 0.459. The lowest BCUT2D eigenvalue weighted by atomic mass is 10.1. The second kappa shape index (κ2) is 8.58. The second-order valence-electron chi connectivity index (χ2n) is 6.32. The van der Waals surface area contributed by atoms with Crippen LogP contribution in [0.1, 0.15) is 6.42 Å². The quantitative estimate of drug-likeness (QED) is 0.693. The first kappa shape index (κ1) is 19.4. The van der Waals surface area contributed by atoms with Crippen LogP contribution in [0, 0.1) is 5.92 Å². The summed E-state index contributed by atoms with van der Waals surface area (Å²) in [6.07, 6.45) is 0.0141. The van der Waals surface area contributed by atoms with Crippen LogP contribution in [0.15, 0.2) is 18.2 Å². The summed E-state index contributed by atoms with van der Waals surface area (Å²) in [6, 6.07) is 4.94. The normalized spacial score (nSPS) is 19.9. The van der Waals surface area contributed by atoms with Crippen molar-refractivity contribution < 1.29 is 28.6 Å². The number of rotatable bonds is 5. The molecule has 1 atom stereocenters. The molecule has 0 aromatic heterocycles. The predicted molar refractivity (Wildman–Crippen MR) is 96.8 cm³/mol. The standard InChI is InChI=1S/C18H21ClN2O6/c1-25-15-3-2-13(19)9-14(15)21-10-12(8-16(21)22)18(24)27-11-17(23)20-4-6-26-7-5-20/h2-3,9,12H,4-8,10-11H2,1H3/t12-/m1/s1. The zero-order chi connectivity index (χ0) is 19.4. The van der Waals surface area contributed by atoms with Crippen molar-refractivity contribution in [2.45, 2.75) is 6.42 Å². The number of ether oxygens (including phenoxy) is 3. The number of morpholine rings is 1. The summed E-state index contributed by atoms with van der Waals surface area (Å²) in [5.41, 5.74) is 0.509. The van der Waals surface area contributed by atoms with Crippen LogP contribution >= 0.6 is 11.6 Å². The van der Waals surface area contributed by atoms with Crippen LogP contribution in [0.2, 0.25) is 5.02 Å².